The molecule has 0 aliphatic heterocycles. The monoisotopic (exact) mass is 272 g/mol. The van der Waals surface area contributed by atoms with Crippen LogP contribution in [-0.4, -0.2) is 39.1 Å². The van der Waals surface area contributed by atoms with Crippen LogP contribution < -0.4 is 4.90 Å². The Hall–Kier alpha value is -2.50. The van der Waals surface area contributed by atoms with Crippen molar-refractivity contribution in [3.63, 3.8) is 0 Å². The van der Waals surface area contributed by atoms with E-state index >= 15 is 0 Å². The molecule has 0 radical (unpaired) electrons. The Morgan fingerprint density at radius 1 is 1.35 bits per heavy atom. The first-order valence-electron chi connectivity index (χ1n) is 6.22. The number of aromatic nitrogens is 3. The van der Waals surface area contributed by atoms with Crippen molar-refractivity contribution < 1.29 is 9.90 Å². The first kappa shape index (κ1) is 13.9. The molecule has 1 N–H and O–H groups in total. The number of nitrogens with zero attached hydrogens (tertiary/aromatic N) is 4. The minimum absolute atomic E-state index is 0.491. The number of carbonyl (C=O) groups is 1. The Labute approximate surface area is 117 Å². The van der Waals surface area contributed by atoms with Gasteiger partial charge in [-0.2, -0.15) is 0 Å². The molecule has 0 aliphatic rings. The van der Waals surface area contributed by atoms with E-state index in [4.69, 9.17) is 5.11 Å². The van der Waals surface area contributed by atoms with E-state index in [2.05, 4.69) is 15.0 Å². The van der Waals surface area contributed by atoms with E-state index in [-0.39, 0.29) is 0 Å². The number of carboxylic acids is 1. The van der Waals surface area contributed by atoms with E-state index in [1.54, 1.807) is 31.1 Å². The van der Waals surface area contributed by atoms with Crippen LogP contribution in [0.15, 0.2) is 30.5 Å². The highest BCUT2D eigenvalue weighted by molar-refractivity contribution is 5.77. The van der Waals surface area contributed by atoms with Gasteiger partial charge < -0.3 is 10.0 Å². The molecule has 0 spiro atoms. The zero-order chi connectivity index (χ0) is 14.7. The zero-order valence-electron chi connectivity index (χ0n) is 11.6. The van der Waals surface area contributed by atoms with E-state index in [0.29, 0.717) is 17.3 Å². The average Bonchev–Trinajstić information content (AvgIpc) is 2.45. The van der Waals surface area contributed by atoms with Gasteiger partial charge in [-0.05, 0) is 26.0 Å². The number of anilines is 1. The molecule has 2 heterocycles. The molecule has 1 atom stereocenters. The van der Waals surface area contributed by atoms with Crippen molar-refractivity contribution in [1.82, 2.24) is 15.0 Å². The third-order valence-electron chi connectivity index (χ3n) is 3.03. The fourth-order valence-corrected chi connectivity index (χ4v) is 1.71. The number of hydrogen-bond donors (Lipinski definition) is 1. The Balaban J connectivity index is 2.42. The van der Waals surface area contributed by atoms with Gasteiger partial charge in [0.05, 0.1) is 0 Å². The molecule has 6 heteroatoms. The van der Waals surface area contributed by atoms with Gasteiger partial charge in [-0.15, -0.1) is 0 Å². The maximum absolute atomic E-state index is 11.1. The van der Waals surface area contributed by atoms with Gasteiger partial charge in [-0.1, -0.05) is 6.07 Å². The number of rotatable bonds is 4. The molecular formula is C14H16N4O2. The first-order valence-corrected chi connectivity index (χ1v) is 6.22. The summed E-state index contributed by atoms with van der Waals surface area (Å²) in [6.45, 7) is 3.46. The minimum Gasteiger partial charge on any atom is -0.480 e. The maximum atomic E-state index is 11.1. The van der Waals surface area contributed by atoms with Gasteiger partial charge in [-0.25, -0.2) is 14.8 Å². The molecule has 1 unspecified atom stereocenters. The van der Waals surface area contributed by atoms with Crippen LogP contribution >= 0.6 is 0 Å². The highest BCUT2D eigenvalue weighted by Crippen LogP contribution is 2.19. The molecule has 2 rings (SSSR count). The van der Waals surface area contributed by atoms with Crippen molar-refractivity contribution in [3.8, 4) is 11.5 Å². The molecule has 0 saturated carbocycles. The average molecular weight is 272 g/mol. The molecule has 6 nitrogen and oxygen atoms in total. The second kappa shape index (κ2) is 5.64. The summed E-state index contributed by atoms with van der Waals surface area (Å²) in [5.41, 5.74) is 1.42. The fourth-order valence-electron chi connectivity index (χ4n) is 1.71. The van der Waals surface area contributed by atoms with E-state index in [1.165, 1.54) is 0 Å². The lowest BCUT2D eigenvalue weighted by Crippen LogP contribution is -2.36. The summed E-state index contributed by atoms with van der Waals surface area (Å²) in [7, 11) is 1.70. The second-order valence-corrected chi connectivity index (χ2v) is 4.53. The predicted octanol–water partition coefficient (Wildman–Crippen LogP) is 1.76. The van der Waals surface area contributed by atoms with E-state index in [0.717, 1.165) is 5.69 Å². The molecule has 0 fully saturated rings. The maximum Gasteiger partial charge on any atom is 0.326 e. The predicted molar refractivity (Wildman–Crippen MR) is 75.5 cm³/mol. The Morgan fingerprint density at radius 3 is 2.70 bits per heavy atom. The number of aliphatic carboxylic acids is 1. The van der Waals surface area contributed by atoms with Crippen molar-refractivity contribution >= 4 is 11.8 Å². The number of carboxylic acid groups (broad SMARTS) is 1. The molecule has 0 aliphatic carbocycles. The van der Waals surface area contributed by atoms with Crippen LogP contribution in [0.4, 0.5) is 5.82 Å². The van der Waals surface area contributed by atoms with Crippen LogP contribution in [0, 0.1) is 6.92 Å². The molecule has 2 aromatic rings. The summed E-state index contributed by atoms with van der Waals surface area (Å²) in [5.74, 6) is 0.154. The van der Waals surface area contributed by atoms with E-state index < -0.39 is 12.0 Å². The largest absolute Gasteiger partial charge is 0.480 e. The lowest BCUT2D eigenvalue weighted by molar-refractivity contribution is -0.138. The van der Waals surface area contributed by atoms with Crippen molar-refractivity contribution in [1.29, 1.82) is 0 Å². The first-order chi connectivity index (χ1) is 9.49. The number of pyridine rings is 1. The zero-order valence-corrected chi connectivity index (χ0v) is 11.6. The van der Waals surface area contributed by atoms with Crippen LogP contribution in [0.5, 0.6) is 0 Å². The van der Waals surface area contributed by atoms with E-state index in [1.807, 2.05) is 25.1 Å². The molecule has 2 aromatic heterocycles. The summed E-state index contributed by atoms with van der Waals surface area (Å²) >= 11 is 0. The van der Waals surface area contributed by atoms with Crippen LogP contribution in [0.1, 0.15) is 12.6 Å². The summed E-state index contributed by atoms with van der Waals surface area (Å²) in [6.07, 6.45) is 1.67. The molecule has 0 saturated heterocycles. The molecule has 20 heavy (non-hydrogen) atoms. The number of likely N-dealkylation sites (N-methyl/N-ethyl adjacent to an activating group) is 1. The van der Waals surface area contributed by atoms with Gasteiger partial charge in [0, 0.05) is 25.0 Å². The minimum atomic E-state index is -0.900. The van der Waals surface area contributed by atoms with Crippen LogP contribution in [-0.2, 0) is 4.79 Å². The van der Waals surface area contributed by atoms with Crippen LogP contribution in [0.2, 0.25) is 0 Å². The number of hydrogen-bond acceptors (Lipinski definition) is 5. The standard InChI is InChI=1S/C14H16N4O2/c1-9-8-12(18(3)10(2)14(19)20)17-13(16-9)11-6-4-5-7-15-11/h4-8,10H,1-3H3,(H,19,20). The van der Waals surface area contributed by atoms with Gasteiger partial charge in [0.2, 0.25) is 0 Å². The van der Waals surface area contributed by atoms with E-state index in [9.17, 15) is 4.79 Å². The van der Waals surface area contributed by atoms with Crippen molar-refractivity contribution in [2.75, 3.05) is 11.9 Å². The van der Waals surface area contributed by atoms with Gasteiger partial charge >= 0.3 is 5.97 Å². The normalized spacial score (nSPS) is 11.9. The van der Waals surface area contributed by atoms with Gasteiger partial charge in [-0.3, -0.25) is 4.98 Å². The summed E-state index contributed by atoms with van der Waals surface area (Å²) in [4.78, 5) is 25.6. The highest BCUT2D eigenvalue weighted by Gasteiger charge is 2.19. The summed E-state index contributed by atoms with van der Waals surface area (Å²) in [6, 6.07) is 6.59. The van der Waals surface area contributed by atoms with Gasteiger partial charge in [0.15, 0.2) is 5.82 Å². The molecular weight excluding hydrogens is 256 g/mol. The summed E-state index contributed by atoms with van der Waals surface area (Å²) in [5, 5.41) is 9.07. The third-order valence-corrected chi connectivity index (χ3v) is 3.03. The molecule has 0 aromatic carbocycles. The van der Waals surface area contributed by atoms with Crippen molar-refractivity contribution in [2.45, 2.75) is 19.9 Å². The van der Waals surface area contributed by atoms with Gasteiger partial charge in [0.1, 0.15) is 17.6 Å². The van der Waals surface area contributed by atoms with Crippen molar-refractivity contribution in [2.24, 2.45) is 0 Å². The smallest absolute Gasteiger partial charge is 0.326 e. The highest BCUT2D eigenvalue weighted by atomic mass is 16.4. The van der Waals surface area contributed by atoms with Crippen LogP contribution in [0.3, 0.4) is 0 Å². The lowest BCUT2D eigenvalue weighted by Gasteiger charge is -2.23. The second-order valence-electron chi connectivity index (χ2n) is 4.53. The Bertz CT molecular complexity index is 616. The fraction of sp³-hybridized carbons (Fsp3) is 0.286. The SMILES string of the molecule is Cc1cc(N(C)C(C)C(=O)O)nc(-c2ccccn2)n1. The molecule has 0 bridgehead atoms. The molecule has 0 amide bonds. The lowest BCUT2D eigenvalue weighted by atomic mass is 10.2. The Morgan fingerprint density at radius 2 is 2.10 bits per heavy atom. The third kappa shape index (κ3) is 2.90. The summed E-state index contributed by atoms with van der Waals surface area (Å²) < 4.78 is 0. The number of aryl methyl sites for hydroxylation is 1. The topological polar surface area (TPSA) is 79.2 Å². The van der Waals surface area contributed by atoms with Crippen molar-refractivity contribution in [3.05, 3.63) is 36.2 Å². The van der Waals surface area contributed by atoms with Crippen LogP contribution in [0.25, 0.3) is 11.5 Å². The molecule has 104 valence electrons. The van der Waals surface area contributed by atoms with Gasteiger partial charge in [0.25, 0.3) is 0 Å². The Kier molecular flexibility index (Phi) is 3.93. The quantitative estimate of drug-likeness (QED) is 0.913.